The number of nitrogens with one attached hydrogen (secondary N) is 1. The molecule has 0 heterocycles. The predicted molar refractivity (Wildman–Crippen MR) is 65.8 cm³/mol. The molecule has 1 aromatic rings. The fraction of sp³-hybridized carbons (Fsp3) is 0.538. The van der Waals surface area contributed by atoms with Gasteiger partial charge in [0, 0.05) is 12.6 Å². The highest BCUT2D eigenvalue weighted by Gasteiger charge is 2.02. The molecular formula is C13H22N2. The number of rotatable bonds is 6. The van der Waals surface area contributed by atoms with Gasteiger partial charge in [0.05, 0.1) is 0 Å². The second kappa shape index (κ2) is 6.59. The molecule has 0 fully saturated rings. The second-order valence-electron chi connectivity index (χ2n) is 4.00. The molecule has 2 heteroatoms. The first-order chi connectivity index (χ1) is 7.27. The molecule has 0 spiro atoms. The van der Waals surface area contributed by atoms with Crippen molar-refractivity contribution in [2.45, 2.75) is 39.3 Å². The number of hydrogen-bond acceptors (Lipinski definition) is 2. The summed E-state index contributed by atoms with van der Waals surface area (Å²) in [5.74, 6) is 0. The molecule has 3 N–H and O–H groups in total. The summed E-state index contributed by atoms with van der Waals surface area (Å²) in [7, 11) is 0. The quantitative estimate of drug-likeness (QED) is 0.748. The zero-order valence-electron chi connectivity index (χ0n) is 9.79. The van der Waals surface area contributed by atoms with E-state index in [4.69, 9.17) is 5.73 Å². The lowest BCUT2D eigenvalue weighted by molar-refractivity contribution is 0.532. The van der Waals surface area contributed by atoms with Crippen molar-refractivity contribution in [1.29, 1.82) is 0 Å². The highest BCUT2D eigenvalue weighted by atomic mass is 14.9. The average molecular weight is 206 g/mol. The van der Waals surface area contributed by atoms with E-state index in [-0.39, 0.29) is 0 Å². The molecule has 0 aliphatic heterocycles. The molecule has 1 rings (SSSR count). The maximum Gasteiger partial charge on any atom is 0.0210 e. The molecule has 1 atom stereocenters. The van der Waals surface area contributed by atoms with Crippen molar-refractivity contribution in [2.24, 2.45) is 5.73 Å². The fourth-order valence-corrected chi connectivity index (χ4v) is 1.56. The lowest BCUT2D eigenvalue weighted by Gasteiger charge is -2.13. The Morgan fingerprint density at radius 1 is 1.27 bits per heavy atom. The first-order valence-electron chi connectivity index (χ1n) is 5.78. The molecule has 0 aromatic heterocycles. The summed E-state index contributed by atoms with van der Waals surface area (Å²) in [5.41, 5.74) is 8.34. The van der Waals surface area contributed by atoms with Crippen LogP contribution >= 0.6 is 0 Å². The Morgan fingerprint density at radius 2 is 1.93 bits per heavy atom. The highest BCUT2D eigenvalue weighted by molar-refractivity contribution is 5.27. The summed E-state index contributed by atoms with van der Waals surface area (Å²) < 4.78 is 0. The van der Waals surface area contributed by atoms with Crippen LogP contribution in [0.4, 0.5) is 0 Å². The van der Waals surface area contributed by atoms with Crippen LogP contribution in [-0.2, 0) is 13.0 Å². The van der Waals surface area contributed by atoms with Gasteiger partial charge in [0.25, 0.3) is 0 Å². The van der Waals surface area contributed by atoms with Crippen LogP contribution in [0.5, 0.6) is 0 Å². The average Bonchev–Trinajstić information content (AvgIpc) is 2.28. The van der Waals surface area contributed by atoms with Crippen molar-refractivity contribution < 1.29 is 0 Å². The molecule has 0 saturated carbocycles. The Balaban J connectivity index is 2.58. The number of nitrogens with two attached hydrogens (primary N) is 1. The van der Waals surface area contributed by atoms with E-state index < -0.39 is 0 Å². The van der Waals surface area contributed by atoms with Crippen molar-refractivity contribution in [3.63, 3.8) is 0 Å². The zero-order chi connectivity index (χ0) is 11.1. The van der Waals surface area contributed by atoms with Crippen LogP contribution < -0.4 is 11.1 Å². The minimum absolute atomic E-state index is 0.580. The summed E-state index contributed by atoms with van der Waals surface area (Å²) in [4.78, 5) is 0. The fourth-order valence-electron chi connectivity index (χ4n) is 1.56. The van der Waals surface area contributed by atoms with Crippen LogP contribution in [0.25, 0.3) is 0 Å². The van der Waals surface area contributed by atoms with Gasteiger partial charge in [0.2, 0.25) is 0 Å². The first-order valence-corrected chi connectivity index (χ1v) is 5.78. The van der Waals surface area contributed by atoms with Gasteiger partial charge in [0.1, 0.15) is 0 Å². The van der Waals surface area contributed by atoms with Crippen molar-refractivity contribution in [1.82, 2.24) is 5.32 Å². The van der Waals surface area contributed by atoms with Gasteiger partial charge >= 0.3 is 0 Å². The molecule has 0 radical (unpaired) electrons. The SMILES string of the molecule is CCC(C)NCc1ccccc1CCN. The van der Waals surface area contributed by atoms with E-state index in [9.17, 15) is 0 Å². The third-order valence-electron chi connectivity index (χ3n) is 2.79. The summed E-state index contributed by atoms with van der Waals surface area (Å²) in [5, 5.41) is 3.51. The second-order valence-corrected chi connectivity index (χ2v) is 4.00. The van der Waals surface area contributed by atoms with Crippen LogP contribution in [0.15, 0.2) is 24.3 Å². The van der Waals surface area contributed by atoms with Crippen molar-refractivity contribution in [3.05, 3.63) is 35.4 Å². The standard InChI is InChI=1S/C13H22N2/c1-3-11(2)15-10-13-7-5-4-6-12(13)8-9-14/h4-7,11,15H,3,8-10,14H2,1-2H3. The minimum Gasteiger partial charge on any atom is -0.330 e. The van der Waals surface area contributed by atoms with Crippen LogP contribution in [0, 0.1) is 0 Å². The number of hydrogen-bond donors (Lipinski definition) is 2. The van der Waals surface area contributed by atoms with Gasteiger partial charge in [-0.25, -0.2) is 0 Å². The normalized spacial score (nSPS) is 12.7. The van der Waals surface area contributed by atoms with Crippen LogP contribution in [-0.4, -0.2) is 12.6 Å². The van der Waals surface area contributed by atoms with Crippen molar-refractivity contribution in [3.8, 4) is 0 Å². The maximum absolute atomic E-state index is 5.59. The van der Waals surface area contributed by atoms with E-state index in [0.29, 0.717) is 6.04 Å². The molecule has 0 aliphatic carbocycles. The summed E-state index contributed by atoms with van der Waals surface area (Å²) in [6.45, 7) is 6.08. The summed E-state index contributed by atoms with van der Waals surface area (Å²) in [6.07, 6.45) is 2.14. The largest absolute Gasteiger partial charge is 0.330 e. The van der Waals surface area contributed by atoms with Gasteiger partial charge in [-0.05, 0) is 37.4 Å². The monoisotopic (exact) mass is 206 g/mol. The Labute approximate surface area is 92.9 Å². The molecule has 84 valence electrons. The molecule has 1 aromatic carbocycles. The molecule has 15 heavy (non-hydrogen) atoms. The topological polar surface area (TPSA) is 38.0 Å². The Kier molecular flexibility index (Phi) is 5.37. The molecule has 0 amide bonds. The molecule has 1 unspecified atom stereocenters. The Morgan fingerprint density at radius 3 is 2.53 bits per heavy atom. The van der Waals surface area contributed by atoms with E-state index in [0.717, 1.165) is 19.5 Å². The molecular weight excluding hydrogens is 184 g/mol. The minimum atomic E-state index is 0.580. The smallest absolute Gasteiger partial charge is 0.0210 e. The Bertz CT molecular complexity index is 284. The first kappa shape index (κ1) is 12.2. The predicted octanol–water partition coefficient (Wildman–Crippen LogP) is 2.08. The third-order valence-corrected chi connectivity index (χ3v) is 2.79. The molecule has 0 saturated heterocycles. The van der Waals surface area contributed by atoms with Gasteiger partial charge < -0.3 is 11.1 Å². The van der Waals surface area contributed by atoms with E-state index in [1.54, 1.807) is 0 Å². The maximum atomic E-state index is 5.59. The van der Waals surface area contributed by atoms with E-state index in [1.807, 2.05) is 0 Å². The molecule has 0 aliphatic rings. The van der Waals surface area contributed by atoms with Gasteiger partial charge in [-0.1, -0.05) is 31.2 Å². The molecule has 0 bridgehead atoms. The van der Waals surface area contributed by atoms with Gasteiger partial charge in [-0.3, -0.25) is 0 Å². The Hall–Kier alpha value is -0.860. The van der Waals surface area contributed by atoms with Gasteiger partial charge in [-0.15, -0.1) is 0 Å². The summed E-state index contributed by atoms with van der Waals surface area (Å²) in [6, 6.07) is 9.10. The van der Waals surface area contributed by atoms with Crippen molar-refractivity contribution >= 4 is 0 Å². The van der Waals surface area contributed by atoms with Crippen LogP contribution in [0.3, 0.4) is 0 Å². The van der Waals surface area contributed by atoms with E-state index in [2.05, 4.69) is 43.4 Å². The summed E-state index contributed by atoms with van der Waals surface area (Å²) >= 11 is 0. The lowest BCUT2D eigenvalue weighted by atomic mass is 10.0. The van der Waals surface area contributed by atoms with Gasteiger partial charge in [0.15, 0.2) is 0 Å². The number of benzene rings is 1. The van der Waals surface area contributed by atoms with E-state index >= 15 is 0 Å². The lowest BCUT2D eigenvalue weighted by Crippen LogP contribution is -2.25. The van der Waals surface area contributed by atoms with Gasteiger partial charge in [-0.2, -0.15) is 0 Å². The highest BCUT2D eigenvalue weighted by Crippen LogP contribution is 2.09. The third kappa shape index (κ3) is 4.02. The molecule has 2 nitrogen and oxygen atoms in total. The van der Waals surface area contributed by atoms with E-state index in [1.165, 1.54) is 17.5 Å². The zero-order valence-corrected chi connectivity index (χ0v) is 9.79. The van der Waals surface area contributed by atoms with Crippen molar-refractivity contribution in [2.75, 3.05) is 6.54 Å². The van der Waals surface area contributed by atoms with Crippen LogP contribution in [0.2, 0.25) is 0 Å². The van der Waals surface area contributed by atoms with Crippen LogP contribution in [0.1, 0.15) is 31.4 Å².